The molecule has 0 unspecified atom stereocenters. The molecule has 1 heterocycles. The Labute approximate surface area is 146 Å². The summed E-state index contributed by atoms with van der Waals surface area (Å²) >= 11 is 5.92. The number of hydrogen-bond acceptors (Lipinski definition) is 2. The van der Waals surface area contributed by atoms with Gasteiger partial charge in [0.05, 0.1) is 6.67 Å². The lowest BCUT2D eigenvalue weighted by Crippen LogP contribution is -2.25. The Balaban J connectivity index is 0.00000242. The van der Waals surface area contributed by atoms with Crippen LogP contribution in [0.25, 0.3) is 0 Å². The van der Waals surface area contributed by atoms with Gasteiger partial charge in [-0.25, -0.2) is 0 Å². The summed E-state index contributed by atoms with van der Waals surface area (Å²) in [7, 11) is 0. The fourth-order valence-corrected chi connectivity index (χ4v) is 2.81. The van der Waals surface area contributed by atoms with Crippen LogP contribution >= 0.6 is 24.0 Å². The zero-order chi connectivity index (χ0) is 14.9. The molecule has 124 valence electrons. The molecule has 0 atom stereocenters. The van der Waals surface area contributed by atoms with Crippen LogP contribution in [0.2, 0.25) is 5.02 Å². The Bertz CT molecular complexity index is 431. The van der Waals surface area contributed by atoms with E-state index in [-0.39, 0.29) is 12.4 Å². The first-order valence-corrected chi connectivity index (χ1v) is 8.56. The minimum atomic E-state index is 0. The van der Waals surface area contributed by atoms with E-state index in [0.29, 0.717) is 0 Å². The van der Waals surface area contributed by atoms with Gasteiger partial charge in [0.15, 0.2) is 0 Å². The highest BCUT2D eigenvalue weighted by Gasteiger charge is 2.11. The van der Waals surface area contributed by atoms with Crippen LogP contribution in [0.1, 0.15) is 51.0 Å². The molecule has 0 amide bonds. The van der Waals surface area contributed by atoms with Gasteiger partial charge in [-0.2, -0.15) is 0 Å². The second-order valence-electron chi connectivity index (χ2n) is 5.89. The molecule has 2 nitrogen and oxygen atoms in total. The van der Waals surface area contributed by atoms with Gasteiger partial charge in [-0.15, -0.1) is 12.4 Å². The summed E-state index contributed by atoms with van der Waals surface area (Å²) in [6, 6.07) is 8.13. The number of rotatable bonds is 9. The third kappa shape index (κ3) is 6.93. The molecule has 0 saturated carbocycles. The van der Waals surface area contributed by atoms with E-state index in [1.54, 1.807) is 0 Å². The number of unbranched alkanes of at least 4 members (excludes halogenated alkanes) is 5. The van der Waals surface area contributed by atoms with Crippen molar-refractivity contribution in [1.82, 2.24) is 9.80 Å². The summed E-state index contributed by atoms with van der Waals surface area (Å²) in [5.74, 6) is 0. The Hall–Kier alpha value is -0.860. The first kappa shape index (κ1) is 19.2. The largest absolute Gasteiger partial charge is 0.359 e. The number of halogens is 2. The molecule has 0 aromatic heterocycles. The molecule has 1 aliphatic heterocycles. The number of benzene rings is 1. The Morgan fingerprint density at radius 3 is 2.27 bits per heavy atom. The van der Waals surface area contributed by atoms with E-state index < -0.39 is 0 Å². The fraction of sp³-hybridized carbons (Fsp3) is 0.556. The molecule has 0 aliphatic carbocycles. The minimum absolute atomic E-state index is 0. The lowest BCUT2D eigenvalue weighted by molar-refractivity contribution is 0.256. The van der Waals surface area contributed by atoms with E-state index in [1.165, 1.54) is 50.6 Å². The van der Waals surface area contributed by atoms with Crippen molar-refractivity contribution in [2.75, 3.05) is 13.2 Å². The van der Waals surface area contributed by atoms with Crippen molar-refractivity contribution in [2.24, 2.45) is 0 Å². The summed E-state index contributed by atoms with van der Waals surface area (Å²) in [5, 5.41) is 0.806. The molecule has 0 bridgehead atoms. The van der Waals surface area contributed by atoms with E-state index in [4.69, 9.17) is 11.6 Å². The molecule has 0 saturated heterocycles. The summed E-state index contributed by atoms with van der Waals surface area (Å²) < 4.78 is 0. The van der Waals surface area contributed by atoms with Crippen LogP contribution in [-0.2, 0) is 6.54 Å². The second kappa shape index (κ2) is 10.8. The molecule has 22 heavy (non-hydrogen) atoms. The lowest BCUT2D eigenvalue weighted by atomic mass is 10.1. The molecule has 1 aromatic carbocycles. The van der Waals surface area contributed by atoms with E-state index in [2.05, 4.69) is 41.3 Å². The van der Waals surface area contributed by atoms with Gasteiger partial charge >= 0.3 is 0 Å². The predicted molar refractivity (Wildman–Crippen MR) is 98.3 cm³/mol. The zero-order valence-corrected chi connectivity index (χ0v) is 15.1. The van der Waals surface area contributed by atoms with Gasteiger partial charge in [-0.1, -0.05) is 62.8 Å². The molecular weight excluding hydrogens is 315 g/mol. The topological polar surface area (TPSA) is 6.48 Å². The number of nitrogens with zero attached hydrogens (tertiary/aromatic N) is 2. The molecule has 0 fully saturated rings. The molecule has 1 aromatic rings. The van der Waals surface area contributed by atoms with Crippen molar-refractivity contribution in [2.45, 2.75) is 52.0 Å². The standard InChI is InChI=1S/C18H27ClN2.ClH/c1-2-3-4-5-6-7-12-20-13-14-21(16-20)15-17-8-10-18(19)11-9-17;/h8-11,13-14H,2-7,12,15-16H2,1H3;1H. The van der Waals surface area contributed by atoms with Gasteiger partial charge in [-0.05, 0) is 24.1 Å². The van der Waals surface area contributed by atoms with Gasteiger partial charge in [0.1, 0.15) is 0 Å². The van der Waals surface area contributed by atoms with Crippen LogP contribution in [0, 0.1) is 0 Å². The quantitative estimate of drug-likeness (QED) is 0.533. The molecule has 1 aliphatic rings. The Kier molecular flexibility index (Phi) is 9.42. The van der Waals surface area contributed by atoms with Gasteiger partial charge in [-0.3, -0.25) is 0 Å². The van der Waals surface area contributed by atoms with Crippen molar-refractivity contribution < 1.29 is 0 Å². The van der Waals surface area contributed by atoms with Crippen molar-refractivity contribution >= 4 is 24.0 Å². The highest BCUT2D eigenvalue weighted by molar-refractivity contribution is 6.30. The minimum Gasteiger partial charge on any atom is -0.359 e. The van der Waals surface area contributed by atoms with Crippen LogP contribution in [0.3, 0.4) is 0 Å². The van der Waals surface area contributed by atoms with Crippen LogP contribution in [0.15, 0.2) is 36.7 Å². The van der Waals surface area contributed by atoms with Crippen molar-refractivity contribution in [3.63, 3.8) is 0 Å². The van der Waals surface area contributed by atoms with Crippen LogP contribution in [0.5, 0.6) is 0 Å². The molecular formula is C18H28Cl2N2. The maximum absolute atomic E-state index is 5.92. The SMILES string of the molecule is CCCCCCCCN1C=CN(Cc2ccc(Cl)cc2)C1.Cl. The average Bonchev–Trinajstić information content (AvgIpc) is 2.93. The molecule has 0 N–H and O–H groups in total. The third-order valence-corrected chi connectivity index (χ3v) is 4.20. The maximum Gasteiger partial charge on any atom is 0.0897 e. The first-order chi connectivity index (χ1) is 10.3. The van der Waals surface area contributed by atoms with Gasteiger partial charge < -0.3 is 9.80 Å². The summed E-state index contributed by atoms with van der Waals surface area (Å²) in [6.45, 7) is 5.42. The Morgan fingerprint density at radius 1 is 0.909 bits per heavy atom. The van der Waals surface area contributed by atoms with E-state index in [9.17, 15) is 0 Å². The first-order valence-electron chi connectivity index (χ1n) is 8.19. The van der Waals surface area contributed by atoms with E-state index >= 15 is 0 Å². The second-order valence-corrected chi connectivity index (χ2v) is 6.33. The van der Waals surface area contributed by atoms with Gasteiger partial charge in [0.25, 0.3) is 0 Å². The van der Waals surface area contributed by atoms with Gasteiger partial charge in [0.2, 0.25) is 0 Å². The molecule has 4 heteroatoms. The smallest absolute Gasteiger partial charge is 0.0897 e. The maximum atomic E-state index is 5.92. The average molecular weight is 343 g/mol. The normalized spacial score (nSPS) is 13.5. The van der Waals surface area contributed by atoms with Crippen LogP contribution in [-0.4, -0.2) is 23.0 Å². The van der Waals surface area contributed by atoms with Crippen LogP contribution in [0.4, 0.5) is 0 Å². The predicted octanol–water partition coefficient (Wildman–Crippen LogP) is 5.67. The molecule has 0 spiro atoms. The third-order valence-electron chi connectivity index (χ3n) is 3.95. The summed E-state index contributed by atoms with van der Waals surface area (Å²) in [4.78, 5) is 4.76. The van der Waals surface area contributed by atoms with Crippen molar-refractivity contribution in [3.05, 3.63) is 47.3 Å². The number of hydrogen-bond donors (Lipinski definition) is 0. The van der Waals surface area contributed by atoms with E-state index in [1.807, 2.05) is 12.1 Å². The van der Waals surface area contributed by atoms with Crippen molar-refractivity contribution in [1.29, 1.82) is 0 Å². The van der Waals surface area contributed by atoms with Gasteiger partial charge in [0, 0.05) is 30.5 Å². The molecule has 2 rings (SSSR count). The highest BCUT2D eigenvalue weighted by Crippen LogP contribution is 2.15. The summed E-state index contributed by atoms with van der Waals surface area (Å²) in [5.41, 5.74) is 1.31. The van der Waals surface area contributed by atoms with Crippen molar-refractivity contribution in [3.8, 4) is 0 Å². The fourth-order valence-electron chi connectivity index (χ4n) is 2.68. The summed E-state index contributed by atoms with van der Waals surface area (Å²) in [6.07, 6.45) is 12.6. The zero-order valence-electron chi connectivity index (χ0n) is 13.5. The van der Waals surface area contributed by atoms with E-state index in [0.717, 1.165) is 18.2 Å². The highest BCUT2D eigenvalue weighted by atomic mass is 35.5. The monoisotopic (exact) mass is 342 g/mol. The molecule has 0 radical (unpaired) electrons. The van der Waals surface area contributed by atoms with Crippen LogP contribution < -0.4 is 0 Å². The lowest BCUT2D eigenvalue weighted by Gasteiger charge is -2.21. The Morgan fingerprint density at radius 2 is 1.55 bits per heavy atom.